The van der Waals surface area contributed by atoms with Gasteiger partial charge in [0.25, 0.3) is 5.78 Å². The second kappa shape index (κ2) is 8.16. The SMILES string of the molecule is CCOC(=O)c1ccc(NC(=O)CCc2c(C)nc3nc(C)nn3c2C)cc1. The summed E-state index contributed by atoms with van der Waals surface area (Å²) in [6.07, 6.45) is 0.856. The molecule has 1 N–H and O–H groups in total. The topological polar surface area (TPSA) is 98.5 Å². The van der Waals surface area contributed by atoms with E-state index in [0.717, 1.165) is 17.0 Å². The van der Waals surface area contributed by atoms with Gasteiger partial charge in [0, 0.05) is 23.5 Å². The lowest BCUT2D eigenvalue weighted by atomic mass is 10.1. The lowest BCUT2D eigenvalue weighted by molar-refractivity contribution is -0.116. The molecule has 0 atom stereocenters. The first-order valence-corrected chi connectivity index (χ1v) is 9.15. The number of carbonyl (C=O) groups excluding carboxylic acids is 2. The van der Waals surface area contributed by atoms with E-state index in [1.165, 1.54) is 0 Å². The van der Waals surface area contributed by atoms with E-state index in [9.17, 15) is 9.59 Å². The van der Waals surface area contributed by atoms with Crippen LogP contribution in [0.4, 0.5) is 5.69 Å². The Morgan fingerprint density at radius 1 is 1.11 bits per heavy atom. The Morgan fingerprint density at radius 3 is 2.50 bits per heavy atom. The molecule has 8 nitrogen and oxygen atoms in total. The molecule has 1 amide bonds. The first-order valence-electron chi connectivity index (χ1n) is 9.15. The van der Waals surface area contributed by atoms with E-state index in [1.54, 1.807) is 35.7 Å². The minimum Gasteiger partial charge on any atom is -0.462 e. The van der Waals surface area contributed by atoms with Gasteiger partial charge in [0.2, 0.25) is 5.91 Å². The molecule has 3 rings (SSSR count). The summed E-state index contributed by atoms with van der Waals surface area (Å²) in [5.41, 5.74) is 3.87. The summed E-state index contributed by atoms with van der Waals surface area (Å²) in [5.74, 6) is 0.744. The zero-order valence-corrected chi connectivity index (χ0v) is 16.4. The number of amides is 1. The van der Waals surface area contributed by atoms with E-state index in [-0.39, 0.29) is 11.9 Å². The van der Waals surface area contributed by atoms with Crippen molar-refractivity contribution in [1.82, 2.24) is 19.6 Å². The van der Waals surface area contributed by atoms with Gasteiger partial charge in [0.1, 0.15) is 5.82 Å². The first-order chi connectivity index (χ1) is 13.4. The third-order valence-corrected chi connectivity index (χ3v) is 4.44. The van der Waals surface area contributed by atoms with Gasteiger partial charge in [0.15, 0.2) is 0 Å². The minimum atomic E-state index is -0.377. The third kappa shape index (κ3) is 4.16. The molecule has 0 unspecified atom stereocenters. The van der Waals surface area contributed by atoms with E-state index >= 15 is 0 Å². The molecule has 0 aliphatic rings. The van der Waals surface area contributed by atoms with Gasteiger partial charge in [0.05, 0.1) is 12.2 Å². The summed E-state index contributed by atoms with van der Waals surface area (Å²) >= 11 is 0. The maximum Gasteiger partial charge on any atom is 0.338 e. The minimum absolute atomic E-state index is 0.113. The highest BCUT2D eigenvalue weighted by atomic mass is 16.5. The lowest BCUT2D eigenvalue weighted by Crippen LogP contribution is -2.14. The molecule has 0 fully saturated rings. The van der Waals surface area contributed by atoms with Gasteiger partial charge in [-0.3, -0.25) is 4.79 Å². The van der Waals surface area contributed by atoms with Crippen LogP contribution in [0, 0.1) is 20.8 Å². The Labute approximate surface area is 163 Å². The fourth-order valence-electron chi connectivity index (χ4n) is 3.04. The Morgan fingerprint density at radius 2 is 1.82 bits per heavy atom. The van der Waals surface area contributed by atoms with Crippen molar-refractivity contribution >= 4 is 23.3 Å². The van der Waals surface area contributed by atoms with Crippen molar-refractivity contribution in [3.05, 3.63) is 52.6 Å². The van der Waals surface area contributed by atoms with E-state index < -0.39 is 0 Å². The molecule has 0 aliphatic heterocycles. The average Bonchev–Trinajstić information content (AvgIpc) is 3.02. The Kier molecular flexibility index (Phi) is 5.67. The van der Waals surface area contributed by atoms with E-state index in [0.29, 0.717) is 42.3 Å². The van der Waals surface area contributed by atoms with Crippen LogP contribution in [-0.4, -0.2) is 38.1 Å². The molecule has 0 spiro atoms. The molecule has 0 aliphatic carbocycles. The summed E-state index contributed by atoms with van der Waals surface area (Å²) in [5, 5.41) is 7.19. The van der Waals surface area contributed by atoms with Crippen LogP contribution in [0.2, 0.25) is 0 Å². The number of hydrogen-bond donors (Lipinski definition) is 1. The number of aromatic nitrogens is 4. The zero-order valence-electron chi connectivity index (χ0n) is 16.4. The molecule has 0 radical (unpaired) electrons. The predicted octanol–water partition coefficient (Wildman–Crippen LogP) is 2.80. The van der Waals surface area contributed by atoms with Crippen LogP contribution in [0.1, 0.15) is 46.5 Å². The molecular formula is C20H23N5O3. The van der Waals surface area contributed by atoms with Crippen LogP contribution in [-0.2, 0) is 16.0 Å². The summed E-state index contributed by atoms with van der Waals surface area (Å²) in [6.45, 7) is 7.78. The number of anilines is 1. The average molecular weight is 381 g/mol. The summed E-state index contributed by atoms with van der Waals surface area (Å²) in [4.78, 5) is 32.8. The number of benzene rings is 1. The van der Waals surface area contributed by atoms with Crippen LogP contribution in [0.3, 0.4) is 0 Å². The molecule has 8 heteroatoms. The molecular weight excluding hydrogens is 358 g/mol. The second-order valence-electron chi connectivity index (χ2n) is 6.48. The van der Waals surface area contributed by atoms with Crippen molar-refractivity contribution in [1.29, 1.82) is 0 Å². The molecule has 0 bridgehead atoms. The number of nitrogens with one attached hydrogen (secondary N) is 1. The quantitative estimate of drug-likeness (QED) is 0.659. The number of aryl methyl sites for hydroxylation is 3. The smallest absolute Gasteiger partial charge is 0.338 e. The Balaban J connectivity index is 1.64. The highest BCUT2D eigenvalue weighted by molar-refractivity contribution is 5.93. The van der Waals surface area contributed by atoms with Crippen molar-refractivity contribution in [3.63, 3.8) is 0 Å². The molecule has 0 saturated carbocycles. The fourth-order valence-corrected chi connectivity index (χ4v) is 3.04. The van der Waals surface area contributed by atoms with Gasteiger partial charge in [-0.15, -0.1) is 0 Å². The van der Waals surface area contributed by atoms with Crippen molar-refractivity contribution in [2.24, 2.45) is 0 Å². The molecule has 3 aromatic rings. The largest absolute Gasteiger partial charge is 0.462 e. The van der Waals surface area contributed by atoms with Crippen molar-refractivity contribution in [2.45, 2.75) is 40.5 Å². The van der Waals surface area contributed by atoms with Crippen molar-refractivity contribution in [3.8, 4) is 0 Å². The van der Waals surface area contributed by atoms with Crippen LogP contribution in [0.25, 0.3) is 5.78 Å². The highest BCUT2D eigenvalue weighted by Crippen LogP contribution is 2.17. The lowest BCUT2D eigenvalue weighted by Gasteiger charge is -2.11. The van der Waals surface area contributed by atoms with Crippen molar-refractivity contribution < 1.29 is 14.3 Å². The maximum atomic E-state index is 12.3. The summed E-state index contributed by atoms with van der Waals surface area (Å²) in [6, 6.07) is 6.64. The number of rotatable bonds is 6. The maximum absolute atomic E-state index is 12.3. The number of nitrogens with zero attached hydrogens (tertiary/aromatic N) is 4. The number of fused-ring (bicyclic) bond motifs is 1. The first kappa shape index (κ1) is 19.5. The van der Waals surface area contributed by atoms with Crippen molar-refractivity contribution in [2.75, 3.05) is 11.9 Å². The number of carbonyl (C=O) groups is 2. The highest BCUT2D eigenvalue weighted by Gasteiger charge is 2.14. The zero-order chi connectivity index (χ0) is 20.3. The van der Waals surface area contributed by atoms with Gasteiger partial charge >= 0.3 is 5.97 Å². The van der Waals surface area contributed by atoms with Gasteiger partial charge in [-0.2, -0.15) is 10.1 Å². The van der Waals surface area contributed by atoms with Crippen LogP contribution in [0.15, 0.2) is 24.3 Å². The molecule has 0 saturated heterocycles. The number of esters is 1. The summed E-state index contributed by atoms with van der Waals surface area (Å²) < 4.78 is 6.66. The number of hydrogen-bond acceptors (Lipinski definition) is 6. The molecule has 28 heavy (non-hydrogen) atoms. The number of ether oxygens (including phenoxy) is 1. The molecule has 146 valence electrons. The van der Waals surface area contributed by atoms with E-state index in [4.69, 9.17) is 4.74 Å². The van der Waals surface area contributed by atoms with Gasteiger partial charge in [-0.1, -0.05) is 0 Å². The van der Waals surface area contributed by atoms with Crippen LogP contribution in [0.5, 0.6) is 0 Å². The fraction of sp³-hybridized carbons (Fsp3) is 0.350. The predicted molar refractivity (Wildman–Crippen MR) is 104 cm³/mol. The monoisotopic (exact) mass is 381 g/mol. The standard InChI is InChI=1S/C20H23N5O3/c1-5-28-19(27)15-6-8-16(9-7-15)23-18(26)11-10-17-12(2)21-20-22-14(4)24-25(20)13(17)3/h6-9H,5,10-11H2,1-4H3,(H,23,26). The van der Waals surface area contributed by atoms with E-state index in [1.807, 2.05) is 20.8 Å². The second-order valence-corrected chi connectivity index (χ2v) is 6.48. The van der Waals surface area contributed by atoms with Gasteiger partial charge < -0.3 is 10.1 Å². The Bertz CT molecular complexity index is 1020. The normalized spacial score (nSPS) is 10.9. The van der Waals surface area contributed by atoms with Crippen LogP contribution >= 0.6 is 0 Å². The third-order valence-electron chi connectivity index (χ3n) is 4.44. The van der Waals surface area contributed by atoms with Gasteiger partial charge in [-0.25, -0.2) is 14.3 Å². The molecule has 1 aromatic carbocycles. The van der Waals surface area contributed by atoms with E-state index in [2.05, 4.69) is 20.4 Å². The summed E-state index contributed by atoms with van der Waals surface area (Å²) in [7, 11) is 0. The molecule has 2 aromatic heterocycles. The van der Waals surface area contributed by atoms with Gasteiger partial charge in [-0.05, 0) is 63.9 Å². The molecule has 2 heterocycles. The Hall–Kier alpha value is -3.29. The van der Waals surface area contributed by atoms with Crippen LogP contribution < -0.4 is 5.32 Å².